The third kappa shape index (κ3) is 3.23. The van der Waals surface area contributed by atoms with Crippen LogP contribution in [0.5, 0.6) is 0 Å². The molecule has 126 valence electrons. The Morgan fingerprint density at radius 1 is 1.25 bits per heavy atom. The number of halogens is 2. The summed E-state index contributed by atoms with van der Waals surface area (Å²) in [6.45, 7) is 1.82. The maximum atomic E-state index is 12.9. The van der Waals surface area contributed by atoms with Crippen LogP contribution in [0.3, 0.4) is 0 Å². The first-order valence-electron chi connectivity index (χ1n) is 7.09. The fraction of sp³-hybridized carbons (Fsp3) is 0.188. The fourth-order valence-corrected chi connectivity index (χ4v) is 5.74. The molecule has 0 saturated carbocycles. The van der Waals surface area contributed by atoms with Crippen molar-refractivity contribution in [3.8, 4) is 0 Å². The Morgan fingerprint density at radius 3 is 2.62 bits per heavy atom. The number of hydrogen-bond donors (Lipinski definition) is 0. The lowest BCUT2D eigenvalue weighted by atomic mass is 10.3. The predicted molar refractivity (Wildman–Crippen MR) is 102 cm³/mol. The van der Waals surface area contributed by atoms with Gasteiger partial charge in [-0.05, 0) is 37.3 Å². The highest BCUT2D eigenvalue weighted by Gasteiger charge is 2.29. The van der Waals surface area contributed by atoms with E-state index in [9.17, 15) is 8.42 Å². The van der Waals surface area contributed by atoms with Crippen molar-refractivity contribution in [2.75, 3.05) is 7.05 Å². The van der Waals surface area contributed by atoms with Gasteiger partial charge in [0.25, 0.3) is 0 Å². The van der Waals surface area contributed by atoms with Gasteiger partial charge in [-0.3, -0.25) is 0 Å². The topological polar surface area (TPSA) is 50.3 Å². The molecule has 0 N–H and O–H groups in total. The Bertz CT molecular complexity index is 971. The largest absolute Gasteiger partial charge is 0.244 e. The molecule has 4 nitrogen and oxygen atoms in total. The van der Waals surface area contributed by atoms with Crippen molar-refractivity contribution in [1.82, 2.24) is 9.29 Å². The van der Waals surface area contributed by atoms with Gasteiger partial charge in [-0.25, -0.2) is 13.4 Å². The molecule has 0 aliphatic heterocycles. The van der Waals surface area contributed by atoms with Crippen LogP contribution in [0.1, 0.15) is 18.0 Å². The molecular weight excluding hydrogens is 432 g/mol. The molecule has 1 aromatic heterocycles. The van der Waals surface area contributed by atoms with Crippen molar-refractivity contribution in [2.45, 2.75) is 17.9 Å². The van der Waals surface area contributed by atoms with Crippen LogP contribution < -0.4 is 0 Å². The lowest BCUT2D eigenvalue weighted by Gasteiger charge is -2.23. The fourth-order valence-electron chi connectivity index (χ4n) is 2.27. The number of fused-ring (bicyclic) bond motifs is 1. The minimum absolute atomic E-state index is 0.0860. The maximum Gasteiger partial charge on any atom is 0.244 e. The molecule has 0 saturated heterocycles. The standard InChI is InChI=1S/C16H14BrClN2O2S2/c1-10(16-19-13-5-3-4-6-14(13)23-16)20(2)24(21,22)15-8-7-11(17)9-12(15)18/h3-10H,1-2H3. The third-order valence-corrected chi connectivity index (χ3v) is 7.88. The number of aromatic nitrogens is 1. The van der Waals surface area contributed by atoms with Crippen molar-refractivity contribution in [2.24, 2.45) is 0 Å². The zero-order chi connectivity index (χ0) is 17.5. The van der Waals surface area contributed by atoms with Gasteiger partial charge in [-0.1, -0.05) is 39.7 Å². The molecule has 0 aliphatic rings. The van der Waals surface area contributed by atoms with E-state index in [0.29, 0.717) is 0 Å². The van der Waals surface area contributed by atoms with E-state index >= 15 is 0 Å². The zero-order valence-corrected chi connectivity index (χ0v) is 16.9. The first-order valence-corrected chi connectivity index (χ1v) is 10.5. The quantitative estimate of drug-likeness (QED) is 0.562. The van der Waals surface area contributed by atoms with Gasteiger partial charge in [-0.2, -0.15) is 4.31 Å². The molecular formula is C16H14BrClN2O2S2. The molecule has 8 heteroatoms. The molecule has 1 heterocycles. The number of para-hydroxylation sites is 1. The molecule has 0 radical (unpaired) electrons. The van der Waals surface area contributed by atoms with Crippen LogP contribution in [0.15, 0.2) is 51.8 Å². The summed E-state index contributed by atoms with van der Waals surface area (Å²) < 4.78 is 28.9. The van der Waals surface area contributed by atoms with Gasteiger partial charge in [0.1, 0.15) is 9.90 Å². The van der Waals surface area contributed by atoms with E-state index in [1.54, 1.807) is 19.2 Å². The average molecular weight is 446 g/mol. The summed E-state index contributed by atoms with van der Waals surface area (Å²) in [7, 11) is -2.18. The number of rotatable bonds is 4. The van der Waals surface area contributed by atoms with Crippen molar-refractivity contribution in [1.29, 1.82) is 0 Å². The number of hydrogen-bond acceptors (Lipinski definition) is 4. The van der Waals surface area contributed by atoms with Gasteiger partial charge in [0.2, 0.25) is 10.0 Å². The number of nitrogens with zero attached hydrogens (tertiary/aromatic N) is 2. The number of thiazole rings is 1. The van der Waals surface area contributed by atoms with Gasteiger partial charge in [0.15, 0.2) is 0 Å². The number of benzene rings is 2. The van der Waals surface area contributed by atoms with Crippen LogP contribution in [-0.4, -0.2) is 24.8 Å². The van der Waals surface area contributed by atoms with Crippen LogP contribution in [0.4, 0.5) is 0 Å². The minimum atomic E-state index is -3.72. The van der Waals surface area contributed by atoms with Gasteiger partial charge >= 0.3 is 0 Å². The van der Waals surface area contributed by atoms with Crippen LogP contribution in [0.2, 0.25) is 5.02 Å². The third-order valence-electron chi connectivity index (χ3n) is 3.76. The average Bonchev–Trinajstić information content (AvgIpc) is 2.97. The van der Waals surface area contributed by atoms with Crippen LogP contribution >= 0.6 is 38.9 Å². The van der Waals surface area contributed by atoms with Crippen molar-refractivity contribution < 1.29 is 8.42 Å². The van der Waals surface area contributed by atoms with E-state index < -0.39 is 16.1 Å². The molecule has 0 bridgehead atoms. The Kier molecular flexibility index (Phi) is 4.99. The number of sulfonamides is 1. The Labute approximate surface area is 158 Å². The summed E-state index contributed by atoms with van der Waals surface area (Å²) in [6, 6.07) is 12.1. The second-order valence-corrected chi connectivity index (χ2v) is 9.64. The molecule has 3 rings (SSSR count). The highest BCUT2D eigenvalue weighted by molar-refractivity contribution is 9.10. The van der Waals surface area contributed by atoms with Crippen molar-refractivity contribution in [3.63, 3.8) is 0 Å². The van der Waals surface area contributed by atoms with E-state index in [4.69, 9.17) is 11.6 Å². The summed E-state index contributed by atoms with van der Waals surface area (Å²) in [5, 5.41) is 0.934. The second-order valence-electron chi connectivity index (χ2n) is 5.29. The molecule has 0 fully saturated rings. The molecule has 1 atom stereocenters. The Morgan fingerprint density at radius 2 is 1.96 bits per heavy atom. The lowest BCUT2D eigenvalue weighted by molar-refractivity contribution is 0.398. The molecule has 0 spiro atoms. The normalized spacial score (nSPS) is 13.5. The predicted octanol–water partition coefficient (Wildman–Crippen LogP) is 5.09. The van der Waals surface area contributed by atoms with E-state index in [-0.39, 0.29) is 9.92 Å². The SMILES string of the molecule is CC(c1nc2ccccc2s1)N(C)S(=O)(=O)c1ccc(Br)cc1Cl. The molecule has 24 heavy (non-hydrogen) atoms. The molecule has 0 amide bonds. The lowest BCUT2D eigenvalue weighted by Crippen LogP contribution is -2.30. The molecule has 2 aromatic carbocycles. The van der Waals surface area contributed by atoms with Gasteiger partial charge in [0.05, 0.1) is 21.3 Å². The van der Waals surface area contributed by atoms with E-state index in [1.165, 1.54) is 21.7 Å². The Balaban J connectivity index is 1.98. The van der Waals surface area contributed by atoms with E-state index in [2.05, 4.69) is 20.9 Å². The summed E-state index contributed by atoms with van der Waals surface area (Å²) >= 11 is 10.9. The van der Waals surface area contributed by atoms with Crippen LogP contribution in [-0.2, 0) is 10.0 Å². The minimum Gasteiger partial charge on any atom is -0.239 e. The Hall–Kier alpha value is -0.990. The molecule has 0 aliphatic carbocycles. The molecule has 3 aromatic rings. The van der Waals surface area contributed by atoms with Gasteiger partial charge in [-0.15, -0.1) is 11.3 Å². The summed E-state index contributed by atoms with van der Waals surface area (Å²) in [6.07, 6.45) is 0. The van der Waals surface area contributed by atoms with E-state index in [1.807, 2.05) is 31.2 Å². The highest BCUT2D eigenvalue weighted by atomic mass is 79.9. The molecule has 1 unspecified atom stereocenters. The van der Waals surface area contributed by atoms with Crippen LogP contribution in [0, 0.1) is 0 Å². The summed E-state index contributed by atoms with van der Waals surface area (Å²) in [5.74, 6) is 0. The second kappa shape index (κ2) is 6.72. The zero-order valence-electron chi connectivity index (χ0n) is 12.9. The van der Waals surface area contributed by atoms with Gasteiger partial charge in [0, 0.05) is 11.5 Å². The highest BCUT2D eigenvalue weighted by Crippen LogP contribution is 2.34. The van der Waals surface area contributed by atoms with Crippen molar-refractivity contribution in [3.05, 3.63) is 57.0 Å². The maximum absolute atomic E-state index is 12.9. The first-order chi connectivity index (χ1) is 11.3. The monoisotopic (exact) mass is 444 g/mol. The first kappa shape index (κ1) is 17.8. The summed E-state index contributed by atoms with van der Waals surface area (Å²) in [5.41, 5.74) is 0.872. The van der Waals surface area contributed by atoms with Gasteiger partial charge < -0.3 is 0 Å². The van der Waals surface area contributed by atoms with E-state index in [0.717, 1.165) is 19.7 Å². The van der Waals surface area contributed by atoms with Crippen LogP contribution in [0.25, 0.3) is 10.2 Å². The van der Waals surface area contributed by atoms with Crippen molar-refractivity contribution >= 4 is 59.1 Å². The smallest absolute Gasteiger partial charge is 0.239 e. The summed E-state index contributed by atoms with van der Waals surface area (Å²) in [4.78, 5) is 4.64.